The number of carbonyl (C=O) groups excluding carboxylic acids is 4. The number of aryl methyl sites for hydroxylation is 1. The molecule has 0 spiro atoms. The maximum atomic E-state index is 13.6. The Morgan fingerprint density at radius 2 is 0.654 bits per heavy atom. The molecule has 0 bridgehead atoms. The molecule has 0 amide bonds. The number of Topliss-reactive ketones (excluding diaryl/α,β-unsaturated/α-hetero) is 4. The van der Waals surface area contributed by atoms with Crippen molar-refractivity contribution < 1.29 is 39.6 Å². The first-order chi connectivity index (χ1) is 60.7. The zero-order valence-electron chi connectivity index (χ0n) is 78.8. The van der Waals surface area contributed by atoms with Crippen LogP contribution in [-0.2, 0) is 45.4 Å². The fraction of sp³-hybridized carbons (Fsp3) is 0.877. The molecule has 20 aliphatic rings. The lowest BCUT2D eigenvalue weighted by Crippen LogP contribution is -2.52. The van der Waals surface area contributed by atoms with Gasteiger partial charge in [-0.25, -0.2) is 4.68 Å². The molecule has 4 heterocycles. The summed E-state index contributed by atoms with van der Waals surface area (Å²) in [5.74, 6) is 24.5. The van der Waals surface area contributed by atoms with E-state index in [9.17, 15) is 39.6 Å². The van der Waals surface area contributed by atoms with E-state index in [2.05, 4.69) is 95.6 Å². The lowest BCUT2D eigenvalue weighted by molar-refractivity contribution is -0.134. The zero-order valence-corrected chi connectivity index (χ0v) is 78.8. The second kappa shape index (κ2) is 33.3. The van der Waals surface area contributed by atoms with Crippen molar-refractivity contribution in [2.24, 2.45) is 211 Å². The molecule has 694 valence electrons. The van der Waals surface area contributed by atoms with Crippen molar-refractivity contribution in [3.05, 3.63) is 48.6 Å². The summed E-state index contributed by atoms with van der Waals surface area (Å²) in [6.07, 6.45) is 57.0. The van der Waals surface area contributed by atoms with E-state index in [-0.39, 0.29) is 51.9 Å². The van der Waals surface area contributed by atoms with Gasteiger partial charge in [0.2, 0.25) is 0 Å². The predicted molar refractivity (Wildman–Crippen MR) is 481 cm³/mol. The Balaban J connectivity index is 0.000000103. The van der Waals surface area contributed by atoms with Crippen LogP contribution in [0.25, 0.3) is 0 Å². The SMILES string of the molecule is C[C@@]1(O)CC[C@H]2[C@H](CC[C@@H]3[C@@H]2CC[C@@]2(C)[C@H]3[C@H](C3CC3)C[C@@H]2C(=O)Cn2ccc(C#N)n2)C1.C[C@@]1(O)CC[C@H]2[C@H](CC[C@@H]3[C@@H]2CC[C@@]2(C)[C@H]3[C@H](C3CC3)C[C@@H]2C(=O)Cn2ccnn2)C1.C[C@@]1(O)CC[C@H]2[C@H](CC[C@@H]3[C@@H]2CC[C@@]2(C)[C@H]3[C@H](C3CC3)C[C@@H]2C(=O)Cn2nccn2)C1.Cc1nnn(CC(=O)[C@H]2C[C@@H](C3CC3)[C@H]3[C@@H]4CC[C@@H]5C[C@](C)(O)CC[C@@H]5[C@H]4CC[C@@]32C)n1. The first kappa shape index (κ1) is 88.2. The van der Waals surface area contributed by atoms with Crippen LogP contribution in [0, 0.1) is 229 Å². The Morgan fingerprint density at radius 3 is 0.945 bits per heavy atom. The van der Waals surface area contributed by atoms with E-state index in [0.29, 0.717) is 83.9 Å². The van der Waals surface area contributed by atoms with Crippen LogP contribution >= 0.6 is 0 Å². The summed E-state index contributed by atoms with van der Waals surface area (Å²) in [5.41, 5.74) is -0.845. The van der Waals surface area contributed by atoms with Crippen molar-refractivity contribution in [2.75, 3.05) is 0 Å². The standard InChI is InChI=1S/C28H39N3O2.C26H40N4O2.2C26H39N3O2/c1-27(33)10-7-20-18(14-27)5-6-22-21(20)8-11-28(2)24(13-23(26(22)28)17-3-4-17)25(32)16-31-12-9-19(15-29)30-31;1-15-27-29-30(28-15)14-23(31)22-12-21(16-4-5-16)24-20-7-6-17-13-25(2,32)10-8-18(17)19(20)9-11-26(22,24)3;1-25(31)9-7-18-17(14-25)5-6-20-19(18)8-10-26(2)22(13-21(24(20)26)16-3-4-16)23(30)15-29-12-11-27-28-29;1-25(31)9-7-18-17(14-25)5-6-20-19(18)8-10-26(2)22(13-21(24(20)26)16-3-4-16)23(30)15-29-27-11-12-28-29/h9,12,17-18,20-24,26,33H,3-8,10-11,13-14,16H2,1-2H3;16-22,24,32H,4-14H2,1-3H3;2*11-12,16-22,24,31H,3-10,13-15H2,1-2H3/t18-,20+,21-,22-,23+,24-,26-,27-,28-;3*17-,18+,19-,20-,21+,22-,24-,25-,26-/m1111/s1. The number of aliphatic hydroxyl groups is 4. The smallest absolute Gasteiger partial charge is 0.171 e. The van der Waals surface area contributed by atoms with E-state index in [1.165, 1.54) is 185 Å². The van der Waals surface area contributed by atoms with Gasteiger partial charge in [-0.3, -0.25) is 23.9 Å². The van der Waals surface area contributed by atoms with E-state index in [4.69, 9.17) is 5.26 Å². The summed E-state index contributed by atoms with van der Waals surface area (Å²) in [6, 6.07) is 3.77. The molecule has 0 aromatic carbocycles. The number of hydrogen-bond donors (Lipinski definition) is 4. The average Bonchev–Trinajstić information content (AvgIpc) is 1.59. The van der Waals surface area contributed by atoms with Crippen molar-refractivity contribution in [3.63, 3.8) is 0 Å². The minimum atomic E-state index is -0.462. The summed E-state index contributed by atoms with van der Waals surface area (Å²) in [5, 5.41) is 84.8. The topological polar surface area (TPSA) is 296 Å². The molecule has 20 fully saturated rings. The van der Waals surface area contributed by atoms with Crippen LogP contribution in [0.2, 0.25) is 0 Å². The van der Waals surface area contributed by atoms with E-state index in [1.54, 1.807) is 45.0 Å². The molecule has 0 radical (unpaired) electrons. The Labute approximate surface area is 757 Å². The van der Waals surface area contributed by atoms with Crippen molar-refractivity contribution in [3.8, 4) is 6.07 Å². The number of nitriles is 1. The molecule has 0 unspecified atom stereocenters. The quantitative estimate of drug-likeness (QED) is 0.0810. The lowest BCUT2D eigenvalue weighted by Gasteiger charge is -2.57. The van der Waals surface area contributed by atoms with Gasteiger partial charge in [0.1, 0.15) is 25.7 Å². The predicted octanol–water partition coefficient (Wildman–Crippen LogP) is 18.2. The summed E-state index contributed by atoms with van der Waals surface area (Å²) < 4.78 is 3.39. The van der Waals surface area contributed by atoms with Crippen molar-refractivity contribution in [2.45, 2.75) is 368 Å². The van der Waals surface area contributed by atoms with E-state index in [1.807, 2.05) is 20.0 Å². The minimum Gasteiger partial charge on any atom is -0.390 e. The molecule has 21 nitrogen and oxygen atoms in total. The van der Waals surface area contributed by atoms with Crippen LogP contribution < -0.4 is 0 Å². The van der Waals surface area contributed by atoms with Crippen LogP contribution in [0.5, 0.6) is 0 Å². The first-order valence-electron chi connectivity index (χ1n) is 52.6. The molecule has 4 aromatic heterocycles. The van der Waals surface area contributed by atoms with Crippen LogP contribution in [0.15, 0.2) is 37.1 Å². The molecule has 4 N–H and O–H groups in total. The molecule has 0 aliphatic heterocycles. The molecule has 127 heavy (non-hydrogen) atoms. The lowest BCUT2D eigenvalue weighted by atomic mass is 9.48. The zero-order chi connectivity index (χ0) is 88.0. The molecule has 21 heteroatoms. The number of fused-ring (bicyclic) bond motifs is 20. The van der Waals surface area contributed by atoms with E-state index >= 15 is 0 Å². The number of ketones is 4. The molecule has 20 aliphatic carbocycles. The molecule has 4 aromatic rings. The van der Waals surface area contributed by atoms with E-state index < -0.39 is 22.4 Å². The third-order valence-electron chi connectivity index (χ3n) is 43.1. The van der Waals surface area contributed by atoms with Gasteiger partial charge >= 0.3 is 0 Å². The largest absolute Gasteiger partial charge is 0.390 e. The maximum absolute atomic E-state index is 13.6. The summed E-state index contributed by atoms with van der Waals surface area (Å²) in [7, 11) is 0. The van der Waals surface area contributed by atoms with Crippen molar-refractivity contribution in [1.29, 1.82) is 5.26 Å². The van der Waals surface area contributed by atoms with Gasteiger partial charge in [0, 0.05) is 36.1 Å². The van der Waals surface area contributed by atoms with Gasteiger partial charge < -0.3 is 20.4 Å². The second-order valence-electron chi connectivity index (χ2n) is 50.6. The molecular weight excluding hydrogens is 1580 g/mol. The average molecular weight is 1740 g/mol. The molecule has 0 saturated heterocycles. The van der Waals surface area contributed by atoms with E-state index in [0.717, 1.165) is 213 Å². The number of hydrogen-bond acceptors (Lipinski definition) is 17. The third kappa shape index (κ3) is 16.5. The van der Waals surface area contributed by atoms with Crippen LogP contribution in [0.3, 0.4) is 0 Å². The first-order valence-corrected chi connectivity index (χ1v) is 52.6. The molecular formula is C106H157N13O8. The second-order valence-corrected chi connectivity index (χ2v) is 50.6. The van der Waals surface area contributed by atoms with Crippen LogP contribution in [0.4, 0.5) is 0 Å². The Bertz CT molecular complexity index is 4540. The number of carbonyl (C=O) groups is 4. The van der Waals surface area contributed by atoms with Crippen molar-refractivity contribution >= 4 is 23.1 Å². The number of tetrazole rings is 1. The highest BCUT2D eigenvalue weighted by atomic mass is 16.3. The van der Waals surface area contributed by atoms with Gasteiger partial charge in [0.05, 0.1) is 47.5 Å². The molecule has 36 atom stereocenters. The highest BCUT2D eigenvalue weighted by molar-refractivity contribution is 5.84. The molecule has 20 saturated carbocycles. The Hall–Kier alpha value is -5.43. The van der Waals surface area contributed by atoms with Gasteiger partial charge in [-0.05, 0) is 490 Å². The normalized spacial score (nSPS) is 48.3. The number of nitrogens with zero attached hydrogens (tertiary/aromatic N) is 13. The monoisotopic (exact) mass is 1740 g/mol. The maximum Gasteiger partial charge on any atom is 0.171 e. The van der Waals surface area contributed by atoms with Crippen molar-refractivity contribution in [1.82, 2.24) is 60.0 Å². The summed E-state index contributed by atoms with van der Waals surface area (Å²) >= 11 is 0. The fourth-order valence-corrected chi connectivity index (χ4v) is 37.6. The van der Waals surface area contributed by atoms with Gasteiger partial charge in [0.15, 0.2) is 34.7 Å². The highest BCUT2D eigenvalue weighted by Crippen LogP contribution is 2.75. The highest BCUT2D eigenvalue weighted by Gasteiger charge is 2.70. The van der Waals surface area contributed by atoms with Gasteiger partial charge in [-0.1, -0.05) is 32.9 Å². The van der Waals surface area contributed by atoms with Gasteiger partial charge in [-0.2, -0.15) is 30.2 Å². The van der Waals surface area contributed by atoms with Crippen LogP contribution in [-0.4, -0.2) is 126 Å². The minimum absolute atomic E-state index is 0.115. The summed E-state index contributed by atoms with van der Waals surface area (Å²) in [6.45, 7) is 21.2. The Morgan fingerprint density at radius 1 is 0.346 bits per heavy atom. The number of aromatic nitrogens is 12. The fourth-order valence-electron chi connectivity index (χ4n) is 37.6. The van der Waals surface area contributed by atoms with Gasteiger partial charge in [0.25, 0.3) is 0 Å². The number of rotatable bonds is 16. The van der Waals surface area contributed by atoms with Crippen LogP contribution in [0.1, 0.15) is 324 Å². The Kier molecular flexibility index (Phi) is 23.1. The summed E-state index contributed by atoms with van der Waals surface area (Å²) in [4.78, 5) is 57.3. The van der Waals surface area contributed by atoms with Gasteiger partial charge in [-0.15, -0.1) is 15.3 Å². The third-order valence-corrected chi connectivity index (χ3v) is 43.1. The molecule has 24 rings (SSSR count).